The van der Waals surface area contributed by atoms with E-state index in [1.54, 1.807) is 12.3 Å². The molecule has 106 valence electrons. The molecular weight excluding hydrogens is 262 g/mol. The highest BCUT2D eigenvalue weighted by molar-refractivity contribution is 6.76. The zero-order valence-electron chi connectivity index (χ0n) is 11.6. The highest BCUT2D eigenvalue weighted by Crippen LogP contribution is 2.08. The highest BCUT2D eigenvalue weighted by atomic mass is 28.3. The molecule has 0 aliphatic heterocycles. The largest absolute Gasteiger partial charge is 0.361 e. The van der Waals surface area contributed by atoms with Crippen molar-refractivity contribution in [1.82, 2.24) is 4.57 Å². The lowest BCUT2D eigenvalue weighted by molar-refractivity contribution is -0.107. The topological polar surface area (TPSA) is 77.6 Å². The van der Waals surface area contributed by atoms with E-state index in [1.807, 2.05) is 0 Å². The minimum atomic E-state index is -1.11. The standard InChI is InChI=1S/C12H21N3O3Si/c1-19(2,3)7-6-18-10-14-5-4-11(8-12(14)17)15(13)9-16/h4-5,8-9H,6-7,10,13H2,1-3H3. The van der Waals surface area contributed by atoms with Gasteiger partial charge in [0.2, 0.25) is 6.41 Å². The fourth-order valence-corrected chi connectivity index (χ4v) is 2.12. The van der Waals surface area contributed by atoms with Gasteiger partial charge in [-0.15, -0.1) is 0 Å². The van der Waals surface area contributed by atoms with E-state index in [-0.39, 0.29) is 12.3 Å². The van der Waals surface area contributed by atoms with E-state index in [4.69, 9.17) is 10.6 Å². The first-order chi connectivity index (χ1) is 8.83. The third kappa shape index (κ3) is 5.37. The summed E-state index contributed by atoms with van der Waals surface area (Å²) < 4.78 is 6.92. The number of rotatable bonds is 7. The second-order valence-electron chi connectivity index (χ2n) is 5.55. The van der Waals surface area contributed by atoms with Crippen LogP contribution in [0.1, 0.15) is 0 Å². The number of carbonyl (C=O) groups is 1. The van der Waals surface area contributed by atoms with Gasteiger partial charge in [-0.25, -0.2) is 5.84 Å². The number of amides is 1. The predicted molar refractivity (Wildman–Crippen MR) is 77.5 cm³/mol. The summed E-state index contributed by atoms with van der Waals surface area (Å²) in [6, 6.07) is 3.95. The van der Waals surface area contributed by atoms with Crippen LogP contribution >= 0.6 is 0 Å². The molecule has 0 radical (unpaired) electrons. The van der Waals surface area contributed by atoms with Crippen LogP contribution in [-0.2, 0) is 16.3 Å². The number of aromatic nitrogens is 1. The fraction of sp³-hybridized carbons (Fsp3) is 0.500. The number of anilines is 1. The van der Waals surface area contributed by atoms with Gasteiger partial charge in [-0.3, -0.25) is 19.2 Å². The van der Waals surface area contributed by atoms with Gasteiger partial charge in [0.1, 0.15) is 6.73 Å². The lowest BCUT2D eigenvalue weighted by atomic mass is 10.4. The van der Waals surface area contributed by atoms with Gasteiger partial charge in [0.15, 0.2) is 0 Å². The van der Waals surface area contributed by atoms with Gasteiger partial charge in [-0.05, 0) is 12.1 Å². The third-order valence-corrected chi connectivity index (χ3v) is 4.32. The number of hydrazine groups is 1. The lowest BCUT2D eigenvalue weighted by Gasteiger charge is -2.16. The summed E-state index contributed by atoms with van der Waals surface area (Å²) in [6.07, 6.45) is 2.01. The number of hydrogen-bond donors (Lipinski definition) is 1. The molecule has 0 atom stereocenters. The smallest absolute Gasteiger partial charge is 0.254 e. The Kier molecular flexibility index (Phi) is 5.46. The molecule has 1 heterocycles. The summed E-state index contributed by atoms with van der Waals surface area (Å²) in [7, 11) is -1.11. The van der Waals surface area contributed by atoms with Crippen molar-refractivity contribution in [3.8, 4) is 0 Å². The summed E-state index contributed by atoms with van der Waals surface area (Å²) in [5.74, 6) is 5.37. The molecule has 1 amide bonds. The van der Waals surface area contributed by atoms with Crippen molar-refractivity contribution in [2.24, 2.45) is 5.84 Å². The van der Waals surface area contributed by atoms with Crippen LogP contribution in [0.4, 0.5) is 5.69 Å². The van der Waals surface area contributed by atoms with Crippen molar-refractivity contribution in [2.75, 3.05) is 11.6 Å². The number of pyridine rings is 1. The number of ether oxygens (including phenoxy) is 1. The van der Waals surface area contributed by atoms with Crippen LogP contribution in [0.5, 0.6) is 0 Å². The second-order valence-corrected chi connectivity index (χ2v) is 11.2. The Morgan fingerprint density at radius 1 is 1.47 bits per heavy atom. The van der Waals surface area contributed by atoms with Crippen molar-refractivity contribution in [1.29, 1.82) is 0 Å². The molecule has 0 unspecified atom stereocenters. The minimum Gasteiger partial charge on any atom is -0.361 e. The summed E-state index contributed by atoms with van der Waals surface area (Å²) in [4.78, 5) is 22.2. The fourth-order valence-electron chi connectivity index (χ4n) is 1.37. The maximum absolute atomic E-state index is 11.7. The van der Waals surface area contributed by atoms with Crippen LogP contribution in [0.25, 0.3) is 0 Å². The molecule has 0 aliphatic rings. The SMILES string of the molecule is C[Si](C)(C)CCOCn1ccc(N(N)C=O)cc1=O. The molecule has 0 bridgehead atoms. The van der Waals surface area contributed by atoms with E-state index in [0.29, 0.717) is 18.7 Å². The lowest BCUT2D eigenvalue weighted by Crippen LogP contribution is -2.31. The number of hydrogen-bond acceptors (Lipinski definition) is 4. The Morgan fingerprint density at radius 2 is 2.16 bits per heavy atom. The first-order valence-electron chi connectivity index (χ1n) is 6.11. The normalized spacial score (nSPS) is 11.4. The average molecular weight is 283 g/mol. The Bertz CT molecular complexity index is 482. The number of nitrogens with two attached hydrogens (primary N) is 1. The van der Waals surface area contributed by atoms with Gasteiger partial charge in [-0.1, -0.05) is 19.6 Å². The highest BCUT2D eigenvalue weighted by Gasteiger charge is 2.12. The number of nitrogens with zero attached hydrogens (tertiary/aromatic N) is 2. The van der Waals surface area contributed by atoms with Crippen LogP contribution < -0.4 is 16.4 Å². The summed E-state index contributed by atoms with van der Waals surface area (Å²) in [5.41, 5.74) is 0.112. The average Bonchev–Trinajstić information content (AvgIpc) is 2.33. The molecule has 19 heavy (non-hydrogen) atoms. The molecule has 0 saturated heterocycles. The van der Waals surface area contributed by atoms with Crippen LogP contribution in [0.3, 0.4) is 0 Å². The molecule has 0 fully saturated rings. The minimum absolute atomic E-state index is 0.218. The van der Waals surface area contributed by atoms with Crippen LogP contribution in [0.2, 0.25) is 25.7 Å². The maximum atomic E-state index is 11.7. The van der Waals surface area contributed by atoms with Gasteiger partial charge >= 0.3 is 0 Å². The van der Waals surface area contributed by atoms with E-state index in [9.17, 15) is 9.59 Å². The molecule has 1 aromatic rings. The van der Waals surface area contributed by atoms with Crippen LogP contribution in [-0.4, -0.2) is 25.7 Å². The Morgan fingerprint density at radius 3 is 2.68 bits per heavy atom. The molecule has 1 rings (SSSR count). The Labute approximate surface area is 113 Å². The van der Waals surface area contributed by atoms with E-state index in [1.165, 1.54) is 10.6 Å². The van der Waals surface area contributed by atoms with Crippen molar-refractivity contribution < 1.29 is 9.53 Å². The van der Waals surface area contributed by atoms with Crippen LogP contribution in [0, 0.1) is 0 Å². The Balaban J connectivity index is 2.56. The van der Waals surface area contributed by atoms with Crippen molar-refractivity contribution in [2.45, 2.75) is 32.4 Å². The maximum Gasteiger partial charge on any atom is 0.254 e. The molecule has 6 nitrogen and oxygen atoms in total. The van der Waals surface area contributed by atoms with E-state index < -0.39 is 8.07 Å². The molecular formula is C12H21N3O3Si. The first-order valence-corrected chi connectivity index (χ1v) is 9.82. The Hall–Kier alpha value is -1.44. The van der Waals surface area contributed by atoms with Gasteiger partial charge in [0.25, 0.3) is 5.56 Å². The molecule has 2 N–H and O–H groups in total. The molecule has 0 aromatic carbocycles. The van der Waals surface area contributed by atoms with Gasteiger partial charge in [0.05, 0.1) is 5.69 Å². The zero-order chi connectivity index (χ0) is 14.5. The second kappa shape index (κ2) is 6.64. The number of carbonyl (C=O) groups excluding carboxylic acids is 1. The van der Waals surface area contributed by atoms with Crippen molar-refractivity contribution >= 4 is 20.2 Å². The van der Waals surface area contributed by atoms with Crippen molar-refractivity contribution in [3.63, 3.8) is 0 Å². The monoisotopic (exact) mass is 283 g/mol. The summed E-state index contributed by atoms with van der Waals surface area (Å²) in [6.45, 7) is 7.68. The predicted octanol–water partition coefficient (Wildman–Crippen LogP) is 0.997. The molecule has 0 aliphatic carbocycles. The van der Waals surface area contributed by atoms with E-state index >= 15 is 0 Å². The van der Waals surface area contributed by atoms with Gasteiger partial charge < -0.3 is 4.74 Å². The van der Waals surface area contributed by atoms with E-state index in [0.717, 1.165) is 11.1 Å². The molecule has 0 saturated carbocycles. The quantitative estimate of drug-likeness (QED) is 0.202. The van der Waals surface area contributed by atoms with Gasteiger partial charge in [-0.2, -0.15) is 0 Å². The van der Waals surface area contributed by atoms with Gasteiger partial charge in [0, 0.05) is 26.9 Å². The molecule has 7 heteroatoms. The summed E-state index contributed by atoms with van der Waals surface area (Å²) >= 11 is 0. The van der Waals surface area contributed by atoms with Crippen LogP contribution in [0.15, 0.2) is 23.1 Å². The van der Waals surface area contributed by atoms with E-state index in [2.05, 4.69) is 19.6 Å². The first kappa shape index (κ1) is 15.6. The summed E-state index contributed by atoms with van der Waals surface area (Å²) in [5, 5.41) is 0.859. The third-order valence-electron chi connectivity index (χ3n) is 2.62. The zero-order valence-corrected chi connectivity index (χ0v) is 12.6. The molecule has 1 aromatic heterocycles. The van der Waals surface area contributed by atoms with Crippen molar-refractivity contribution in [3.05, 3.63) is 28.7 Å². The molecule has 0 spiro atoms.